The summed E-state index contributed by atoms with van der Waals surface area (Å²) in [5.74, 6) is -0.708. The number of nitrogens with zero attached hydrogens (tertiary/aromatic N) is 2. The zero-order chi connectivity index (χ0) is 14.8. The molecule has 21 heavy (non-hydrogen) atoms. The van der Waals surface area contributed by atoms with Gasteiger partial charge in [-0.1, -0.05) is 0 Å². The van der Waals surface area contributed by atoms with Crippen molar-refractivity contribution in [2.45, 2.75) is 23.8 Å². The van der Waals surface area contributed by atoms with Gasteiger partial charge in [0.1, 0.15) is 11.9 Å². The van der Waals surface area contributed by atoms with Crippen molar-refractivity contribution in [2.75, 3.05) is 20.1 Å². The third-order valence-electron chi connectivity index (χ3n) is 3.56. The summed E-state index contributed by atoms with van der Waals surface area (Å²) < 4.78 is 39.5. The van der Waals surface area contributed by atoms with Crippen molar-refractivity contribution in [3.05, 3.63) is 29.6 Å². The zero-order valence-electron chi connectivity index (χ0n) is 11.5. The van der Waals surface area contributed by atoms with Crippen molar-refractivity contribution < 1.29 is 12.8 Å². The van der Waals surface area contributed by atoms with Crippen LogP contribution in [0.2, 0.25) is 0 Å². The summed E-state index contributed by atoms with van der Waals surface area (Å²) in [6.07, 6.45) is 1.48. The molecule has 0 unspecified atom stereocenters. The molecule has 1 fully saturated rings. The molecule has 1 aliphatic rings. The van der Waals surface area contributed by atoms with Crippen molar-refractivity contribution in [1.82, 2.24) is 9.62 Å². The minimum atomic E-state index is -3.66. The lowest BCUT2D eigenvalue weighted by Crippen LogP contribution is -2.43. The number of nitriles is 1. The molecule has 5 nitrogen and oxygen atoms in total. The second-order valence-electron chi connectivity index (χ2n) is 4.72. The Bertz CT molecular complexity index is 637. The van der Waals surface area contributed by atoms with Crippen LogP contribution in [0.1, 0.15) is 18.4 Å². The molecule has 2 rings (SSSR count). The SMILES string of the molecule is CNC1CCN(S(=O)(=O)c2ccc(F)c(C#N)c2)CC1.Cl. The predicted molar refractivity (Wildman–Crippen MR) is 79.2 cm³/mol. The average Bonchev–Trinajstić information content (AvgIpc) is 2.47. The van der Waals surface area contributed by atoms with Crippen LogP contribution in [-0.4, -0.2) is 38.9 Å². The summed E-state index contributed by atoms with van der Waals surface area (Å²) in [6.45, 7) is 0.847. The van der Waals surface area contributed by atoms with Gasteiger partial charge in [0.05, 0.1) is 10.5 Å². The molecule has 8 heteroatoms. The Morgan fingerprint density at radius 2 is 2.00 bits per heavy atom. The number of benzene rings is 1. The summed E-state index contributed by atoms with van der Waals surface area (Å²) in [5.41, 5.74) is -0.254. The second-order valence-corrected chi connectivity index (χ2v) is 6.66. The number of hydrogen-bond acceptors (Lipinski definition) is 4. The van der Waals surface area contributed by atoms with E-state index in [9.17, 15) is 12.8 Å². The molecule has 0 aliphatic carbocycles. The van der Waals surface area contributed by atoms with E-state index in [1.807, 2.05) is 7.05 Å². The van der Waals surface area contributed by atoms with Crippen molar-refractivity contribution in [3.63, 3.8) is 0 Å². The largest absolute Gasteiger partial charge is 0.317 e. The smallest absolute Gasteiger partial charge is 0.243 e. The third-order valence-corrected chi connectivity index (χ3v) is 5.45. The maximum absolute atomic E-state index is 13.3. The lowest BCUT2D eigenvalue weighted by Gasteiger charge is -2.31. The van der Waals surface area contributed by atoms with Gasteiger partial charge in [-0.25, -0.2) is 12.8 Å². The van der Waals surface area contributed by atoms with Gasteiger partial charge in [0.15, 0.2) is 0 Å². The highest BCUT2D eigenvalue weighted by Crippen LogP contribution is 2.22. The fraction of sp³-hybridized carbons (Fsp3) is 0.462. The molecule has 0 atom stereocenters. The quantitative estimate of drug-likeness (QED) is 0.909. The molecule has 0 bridgehead atoms. The van der Waals surface area contributed by atoms with Gasteiger partial charge in [0.25, 0.3) is 0 Å². The van der Waals surface area contributed by atoms with E-state index in [-0.39, 0.29) is 22.9 Å². The molecule has 1 aromatic rings. The second kappa shape index (κ2) is 7.18. The first-order chi connectivity index (χ1) is 9.48. The Morgan fingerprint density at radius 1 is 1.38 bits per heavy atom. The summed E-state index contributed by atoms with van der Waals surface area (Å²) in [5, 5.41) is 11.9. The summed E-state index contributed by atoms with van der Waals surface area (Å²) in [4.78, 5) is -0.0293. The number of nitrogens with one attached hydrogen (secondary N) is 1. The Hall–Kier alpha value is -1.20. The van der Waals surface area contributed by atoms with Crippen molar-refractivity contribution in [3.8, 4) is 6.07 Å². The summed E-state index contributed by atoms with van der Waals surface area (Å²) in [7, 11) is -1.80. The first kappa shape index (κ1) is 17.9. The predicted octanol–water partition coefficient (Wildman–Crippen LogP) is 1.49. The molecule has 1 aromatic carbocycles. The number of hydrogen-bond donors (Lipinski definition) is 1. The van der Waals surface area contributed by atoms with Crippen LogP contribution in [0.25, 0.3) is 0 Å². The number of rotatable bonds is 3. The van der Waals surface area contributed by atoms with E-state index in [0.29, 0.717) is 19.1 Å². The van der Waals surface area contributed by atoms with Crippen molar-refractivity contribution in [2.24, 2.45) is 0 Å². The first-order valence-corrected chi connectivity index (χ1v) is 7.80. The van der Waals surface area contributed by atoms with Gasteiger partial charge in [0, 0.05) is 19.1 Å². The monoisotopic (exact) mass is 333 g/mol. The van der Waals surface area contributed by atoms with E-state index in [0.717, 1.165) is 25.0 Å². The molecule has 0 radical (unpaired) electrons. The molecule has 0 amide bonds. The van der Waals surface area contributed by atoms with Gasteiger partial charge >= 0.3 is 0 Å². The lowest BCUT2D eigenvalue weighted by atomic mass is 10.1. The molecule has 0 saturated carbocycles. The fourth-order valence-corrected chi connectivity index (χ4v) is 3.78. The van der Waals surface area contributed by atoms with Crippen molar-refractivity contribution >= 4 is 22.4 Å². The van der Waals surface area contributed by atoms with Gasteiger partial charge in [-0.2, -0.15) is 9.57 Å². The van der Waals surface area contributed by atoms with E-state index in [4.69, 9.17) is 5.26 Å². The number of sulfonamides is 1. The van der Waals surface area contributed by atoms with Crippen LogP contribution in [0.4, 0.5) is 4.39 Å². The fourth-order valence-electron chi connectivity index (χ4n) is 2.28. The highest BCUT2D eigenvalue weighted by molar-refractivity contribution is 7.89. The summed E-state index contributed by atoms with van der Waals surface area (Å²) in [6, 6.07) is 5.30. The molecule has 1 aliphatic heterocycles. The lowest BCUT2D eigenvalue weighted by molar-refractivity contribution is 0.298. The van der Waals surface area contributed by atoms with E-state index >= 15 is 0 Å². The minimum absolute atomic E-state index is 0. The Kier molecular flexibility index (Phi) is 6.10. The molecular formula is C13H17ClFN3O2S. The molecule has 116 valence electrons. The summed E-state index contributed by atoms with van der Waals surface area (Å²) >= 11 is 0. The normalized spacial score (nSPS) is 17.0. The maximum Gasteiger partial charge on any atom is 0.243 e. The van der Waals surface area contributed by atoms with Gasteiger partial charge in [0.2, 0.25) is 10.0 Å². The molecule has 0 spiro atoms. The van der Waals surface area contributed by atoms with Crippen LogP contribution in [0.15, 0.2) is 23.1 Å². The average molecular weight is 334 g/mol. The van der Waals surface area contributed by atoms with Crippen molar-refractivity contribution in [1.29, 1.82) is 5.26 Å². The molecular weight excluding hydrogens is 317 g/mol. The van der Waals surface area contributed by atoms with Crippen LogP contribution in [-0.2, 0) is 10.0 Å². The van der Waals surface area contributed by atoms with E-state index in [1.165, 1.54) is 10.4 Å². The van der Waals surface area contributed by atoms with Gasteiger partial charge in [-0.15, -0.1) is 12.4 Å². The topological polar surface area (TPSA) is 73.2 Å². The van der Waals surface area contributed by atoms with Gasteiger partial charge in [-0.05, 0) is 38.1 Å². The Morgan fingerprint density at radius 3 is 2.52 bits per heavy atom. The number of halogens is 2. The van der Waals surface area contributed by atoms with E-state index in [2.05, 4.69) is 5.32 Å². The van der Waals surface area contributed by atoms with Crippen LogP contribution in [0.3, 0.4) is 0 Å². The van der Waals surface area contributed by atoms with E-state index in [1.54, 1.807) is 6.07 Å². The van der Waals surface area contributed by atoms with E-state index < -0.39 is 15.8 Å². The molecule has 1 N–H and O–H groups in total. The molecule has 1 heterocycles. The highest BCUT2D eigenvalue weighted by atomic mass is 35.5. The molecule has 1 saturated heterocycles. The minimum Gasteiger partial charge on any atom is -0.317 e. The van der Waals surface area contributed by atoms with Crippen LogP contribution in [0.5, 0.6) is 0 Å². The molecule has 0 aromatic heterocycles. The zero-order valence-corrected chi connectivity index (χ0v) is 13.2. The highest BCUT2D eigenvalue weighted by Gasteiger charge is 2.29. The first-order valence-electron chi connectivity index (χ1n) is 6.36. The Labute approximate surface area is 130 Å². The maximum atomic E-state index is 13.3. The van der Waals surface area contributed by atoms with Crippen LogP contribution >= 0.6 is 12.4 Å². The third kappa shape index (κ3) is 3.71. The van der Waals surface area contributed by atoms with Gasteiger partial charge in [-0.3, -0.25) is 0 Å². The van der Waals surface area contributed by atoms with Crippen LogP contribution in [0, 0.1) is 17.1 Å². The van der Waals surface area contributed by atoms with Crippen LogP contribution < -0.4 is 5.32 Å². The Balaban J connectivity index is 0.00000220. The number of piperidine rings is 1. The van der Waals surface area contributed by atoms with Gasteiger partial charge < -0.3 is 5.32 Å². The standard InChI is InChI=1S/C13H16FN3O2S.ClH/c1-16-11-4-6-17(7-5-11)20(18,19)12-2-3-13(14)10(8-12)9-15;/h2-3,8,11,16H,4-7H2,1H3;1H.